The van der Waals surface area contributed by atoms with Crippen LogP contribution in [0.1, 0.15) is 43.9 Å². The van der Waals surface area contributed by atoms with Gasteiger partial charge >= 0.3 is 0 Å². The maximum Gasteiger partial charge on any atom is 0.264 e. The van der Waals surface area contributed by atoms with Gasteiger partial charge in [0.2, 0.25) is 11.8 Å². The van der Waals surface area contributed by atoms with Gasteiger partial charge < -0.3 is 10.2 Å². The Morgan fingerprint density at radius 2 is 1.59 bits per heavy atom. The predicted octanol–water partition coefficient (Wildman–Crippen LogP) is 4.97. The Morgan fingerprint density at radius 3 is 2.21 bits per heavy atom. The van der Waals surface area contributed by atoms with E-state index in [4.69, 9.17) is 0 Å². The van der Waals surface area contributed by atoms with Gasteiger partial charge in [-0.25, -0.2) is 12.8 Å². The second kappa shape index (κ2) is 12.9. The summed E-state index contributed by atoms with van der Waals surface area (Å²) in [6, 6.07) is 18.0. The van der Waals surface area contributed by atoms with E-state index in [2.05, 4.69) is 5.32 Å². The molecule has 0 aliphatic rings. The van der Waals surface area contributed by atoms with Crippen molar-refractivity contribution in [1.29, 1.82) is 0 Å². The van der Waals surface area contributed by atoms with Crippen LogP contribution in [0.3, 0.4) is 0 Å². The molecule has 3 aromatic rings. The van der Waals surface area contributed by atoms with Crippen LogP contribution >= 0.6 is 0 Å². The molecular formula is C30H36FN3O4S. The number of benzene rings is 3. The van der Waals surface area contributed by atoms with Crippen LogP contribution in [0.4, 0.5) is 10.1 Å². The predicted molar refractivity (Wildman–Crippen MR) is 151 cm³/mol. The average molecular weight is 554 g/mol. The number of carbonyl (C=O) groups is 2. The fourth-order valence-electron chi connectivity index (χ4n) is 4.06. The molecule has 3 rings (SSSR count). The molecular weight excluding hydrogens is 517 g/mol. The molecule has 0 saturated heterocycles. The molecule has 39 heavy (non-hydrogen) atoms. The second-order valence-electron chi connectivity index (χ2n) is 9.76. The highest BCUT2D eigenvalue weighted by Crippen LogP contribution is 2.28. The van der Waals surface area contributed by atoms with Gasteiger partial charge in [-0.1, -0.05) is 49.4 Å². The number of aryl methyl sites for hydroxylation is 2. The summed E-state index contributed by atoms with van der Waals surface area (Å²) in [5, 5.41) is 2.89. The summed E-state index contributed by atoms with van der Waals surface area (Å²) in [7, 11) is -4.13. The van der Waals surface area contributed by atoms with Gasteiger partial charge in [0.25, 0.3) is 10.0 Å². The zero-order valence-electron chi connectivity index (χ0n) is 23.0. The van der Waals surface area contributed by atoms with Crippen molar-refractivity contribution in [3.63, 3.8) is 0 Å². The van der Waals surface area contributed by atoms with Gasteiger partial charge in [0.05, 0.1) is 10.6 Å². The number of hydrogen-bond donors (Lipinski definition) is 1. The van der Waals surface area contributed by atoms with Crippen molar-refractivity contribution in [3.8, 4) is 0 Å². The minimum Gasteiger partial charge on any atom is -0.352 e. The summed E-state index contributed by atoms with van der Waals surface area (Å²) in [5.74, 6) is -1.34. The van der Waals surface area contributed by atoms with E-state index in [0.717, 1.165) is 9.87 Å². The van der Waals surface area contributed by atoms with Gasteiger partial charge in [-0.15, -0.1) is 0 Å². The van der Waals surface area contributed by atoms with Crippen LogP contribution in [0.5, 0.6) is 0 Å². The number of sulfonamides is 1. The number of anilines is 1. The number of halogens is 1. The quantitative estimate of drug-likeness (QED) is 0.363. The van der Waals surface area contributed by atoms with Gasteiger partial charge in [0, 0.05) is 12.6 Å². The maximum atomic E-state index is 13.9. The normalized spacial score (nSPS) is 12.9. The van der Waals surface area contributed by atoms with E-state index in [1.54, 1.807) is 44.2 Å². The number of amides is 2. The van der Waals surface area contributed by atoms with E-state index in [-0.39, 0.29) is 23.4 Å². The molecule has 2 amide bonds. The van der Waals surface area contributed by atoms with Crippen molar-refractivity contribution in [1.82, 2.24) is 10.2 Å². The Kier molecular flexibility index (Phi) is 9.86. The van der Waals surface area contributed by atoms with E-state index >= 15 is 0 Å². The number of rotatable bonds is 11. The third kappa shape index (κ3) is 7.44. The first-order chi connectivity index (χ1) is 18.4. The third-order valence-corrected chi connectivity index (χ3v) is 8.45. The first kappa shape index (κ1) is 29.8. The fourth-order valence-corrected chi connectivity index (χ4v) is 5.55. The van der Waals surface area contributed by atoms with Crippen molar-refractivity contribution in [3.05, 3.63) is 95.3 Å². The average Bonchev–Trinajstić information content (AvgIpc) is 2.92. The van der Waals surface area contributed by atoms with Crippen molar-refractivity contribution in [2.24, 2.45) is 0 Å². The highest BCUT2D eigenvalue weighted by Gasteiger charge is 2.33. The zero-order valence-corrected chi connectivity index (χ0v) is 23.8. The SMILES string of the molecule is CC[C@@H](C)NC(=O)[C@@H](C)N(Cc1ccc(F)cc1)C(=O)CN(c1cc(C)ccc1C)S(=O)(=O)c1ccccc1. The Morgan fingerprint density at radius 1 is 0.949 bits per heavy atom. The second-order valence-corrected chi connectivity index (χ2v) is 11.6. The van der Waals surface area contributed by atoms with Crippen LogP contribution < -0.4 is 9.62 Å². The lowest BCUT2D eigenvalue weighted by Gasteiger charge is -2.33. The molecule has 2 atom stereocenters. The standard InChI is InChI=1S/C30H36FN3O4S/c1-6-23(4)32-30(36)24(5)33(19-25-14-16-26(31)17-15-25)29(35)20-34(28-18-21(2)12-13-22(28)3)39(37,38)27-10-8-7-9-11-27/h7-18,23-24H,6,19-20H2,1-5H3,(H,32,36)/t23-,24-/m1/s1. The summed E-state index contributed by atoms with van der Waals surface area (Å²) in [6.07, 6.45) is 0.708. The monoisotopic (exact) mass is 553 g/mol. The molecule has 0 fully saturated rings. The smallest absolute Gasteiger partial charge is 0.264 e. The Labute approximate surface area is 230 Å². The van der Waals surface area contributed by atoms with E-state index in [1.807, 2.05) is 26.8 Å². The molecule has 7 nitrogen and oxygen atoms in total. The molecule has 0 unspecified atom stereocenters. The molecule has 0 aliphatic heterocycles. The van der Waals surface area contributed by atoms with E-state index in [9.17, 15) is 22.4 Å². The van der Waals surface area contributed by atoms with Crippen LogP contribution in [0, 0.1) is 19.7 Å². The largest absolute Gasteiger partial charge is 0.352 e. The van der Waals surface area contributed by atoms with Crippen LogP contribution in [-0.2, 0) is 26.2 Å². The van der Waals surface area contributed by atoms with Gasteiger partial charge in [-0.2, -0.15) is 0 Å². The Hall–Kier alpha value is -3.72. The van der Waals surface area contributed by atoms with Crippen molar-refractivity contribution in [2.45, 2.75) is 64.6 Å². The Bertz CT molecular complexity index is 1400. The lowest BCUT2D eigenvalue weighted by atomic mass is 10.1. The van der Waals surface area contributed by atoms with Gasteiger partial charge in [-0.3, -0.25) is 13.9 Å². The molecule has 9 heteroatoms. The van der Waals surface area contributed by atoms with Gasteiger partial charge in [-0.05, 0) is 81.1 Å². The molecule has 0 aromatic heterocycles. The number of carbonyl (C=O) groups excluding carboxylic acids is 2. The van der Waals surface area contributed by atoms with Crippen LogP contribution in [-0.4, -0.2) is 43.8 Å². The molecule has 0 radical (unpaired) electrons. The first-order valence-corrected chi connectivity index (χ1v) is 14.4. The van der Waals surface area contributed by atoms with Crippen molar-refractivity contribution >= 4 is 27.5 Å². The first-order valence-electron chi connectivity index (χ1n) is 12.9. The molecule has 0 aliphatic carbocycles. The Balaban J connectivity index is 2.05. The zero-order chi connectivity index (χ0) is 28.7. The molecule has 0 heterocycles. The summed E-state index contributed by atoms with van der Waals surface area (Å²) in [6.45, 7) is 8.52. The number of hydrogen-bond acceptors (Lipinski definition) is 4. The molecule has 0 saturated carbocycles. The number of nitrogens with zero attached hydrogens (tertiary/aromatic N) is 2. The molecule has 1 N–H and O–H groups in total. The summed E-state index contributed by atoms with van der Waals surface area (Å²) >= 11 is 0. The third-order valence-electron chi connectivity index (χ3n) is 6.68. The lowest BCUT2D eigenvalue weighted by Crippen LogP contribution is -2.52. The molecule has 208 valence electrons. The van der Waals surface area contributed by atoms with Crippen molar-refractivity contribution in [2.75, 3.05) is 10.8 Å². The fraction of sp³-hybridized carbons (Fsp3) is 0.333. The van der Waals surface area contributed by atoms with Gasteiger partial charge in [0.1, 0.15) is 18.4 Å². The topological polar surface area (TPSA) is 86.8 Å². The minimum absolute atomic E-state index is 0.000228. The van der Waals surface area contributed by atoms with Crippen molar-refractivity contribution < 1.29 is 22.4 Å². The van der Waals surface area contributed by atoms with Crippen LogP contribution in [0.15, 0.2) is 77.7 Å². The summed E-state index contributed by atoms with van der Waals surface area (Å²) < 4.78 is 42.4. The summed E-state index contributed by atoms with van der Waals surface area (Å²) in [5.41, 5.74) is 2.50. The minimum atomic E-state index is -4.13. The maximum absolute atomic E-state index is 13.9. The molecule has 0 spiro atoms. The molecule has 0 bridgehead atoms. The van der Waals surface area contributed by atoms with Crippen LogP contribution in [0.25, 0.3) is 0 Å². The van der Waals surface area contributed by atoms with E-state index < -0.39 is 34.3 Å². The summed E-state index contributed by atoms with van der Waals surface area (Å²) in [4.78, 5) is 28.4. The number of nitrogens with one attached hydrogen (secondary N) is 1. The highest BCUT2D eigenvalue weighted by molar-refractivity contribution is 7.92. The van der Waals surface area contributed by atoms with Crippen LogP contribution in [0.2, 0.25) is 0 Å². The van der Waals surface area contributed by atoms with Gasteiger partial charge in [0.15, 0.2) is 0 Å². The van der Waals surface area contributed by atoms with E-state index in [0.29, 0.717) is 23.2 Å². The van der Waals surface area contributed by atoms with E-state index in [1.165, 1.54) is 41.3 Å². The highest BCUT2D eigenvalue weighted by atomic mass is 32.2. The lowest BCUT2D eigenvalue weighted by molar-refractivity contribution is -0.139. The molecule has 3 aromatic carbocycles.